The molecule has 0 aromatic carbocycles. The fraction of sp³-hybridized carbons (Fsp3) is 0.857. The number of carbonyl (C=O) groups is 1. The minimum Gasteiger partial charge on any atom is -0.288 e. The summed E-state index contributed by atoms with van der Waals surface area (Å²) in [4.78, 5) is 11.2. The molecule has 0 aliphatic rings. The third kappa shape index (κ3) is 4.12. The normalized spacial score (nSPS) is 14.9. The first-order valence-electron chi connectivity index (χ1n) is 3.51. The van der Waals surface area contributed by atoms with Gasteiger partial charge < -0.3 is 0 Å². The molecule has 3 heteroatoms. The highest BCUT2D eigenvalue weighted by Gasteiger charge is 2.23. The number of thioether (sulfide) groups is 1. The van der Waals surface area contributed by atoms with E-state index in [2.05, 4.69) is 26.6 Å². The van der Waals surface area contributed by atoms with E-state index in [1.165, 1.54) is 11.8 Å². The Morgan fingerprint density at radius 3 is 1.90 bits per heavy atom. The van der Waals surface area contributed by atoms with Crippen LogP contribution in [0.5, 0.6) is 0 Å². The van der Waals surface area contributed by atoms with Gasteiger partial charge in [-0.05, 0) is 0 Å². The Morgan fingerprint density at radius 1 is 1.40 bits per heavy atom. The topological polar surface area (TPSA) is 17.1 Å². The molecule has 1 atom stereocenters. The number of carbonyl (C=O) groups excluding carboxylic acids is 1. The molecule has 0 amide bonds. The van der Waals surface area contributed by atoms with Crippen LogP contribution >= 0.6 is 11.8 Å². The number of rotatable bonds is 2. The lowest BCUT2D eigenvalue weighted by Crippen LogP contribution is -2.33. The van der Waals surface area contributed by atoms with Gasteiger partial charge in [-0.3, -0.25) is 4.79 Å². The molecule has 0 bridgehead atoms. The summed E-state index contributed by atoms with van der Waals surface area (Å²) in [6, 6.07) is 0. The second-order valence-corrected chi connectivity index (χ2v) is 11.2. The summed E-state index contributed by atoms with van der Waals surface area (Å²) in [6.45, 7) is 10.6. The lowest BCUT2D eigenvalue weighted by molar-refractivity contribution is -0.109. The van der Waals surface area contributed by atoms with Crippen molar-refractivity contribution in [1.82, 2.24) is 0 Å². The van der Waals surface area contributed by atoms with Gasteiger partial charge in [0.2, 0.25) is 0 Å². The average Bonchev–Trinajstić information content (AvgIpc) is 1.60. The molecule has 0 rings (SSSR count). The monoisotopic (exact) mass is 176 g/mol. The van der Waals surface area contributed by atoms with E-state index in [4.69, 9.17) is 0 Å². The van der Waals surface area contributed by atoms with Crippen LogP contribution in [0.1, 0.15) is 13.8 Å². The maximum Gasteiger partial charge on any atom is 0.185 e. The summed E-state index contributed by atoms with van der Waals surface area (Å²) in [5.74, 6) is 0. The third-order valence-corrected chi connectivity index (χ3v) is 7.16. The van der Waals surface area contributed by atoms with Gasteiger partial charge in [0.15, 0.2) is 5.12 Å². The third-order valence-electron chi connectivity index (χ3n) is 1.56. The van der Waals surface area contributed by atoms with Gasteiger partial charge in [-0.15, -0.1) is 0 Å². The van der Waals surface area contributed by atoms with Crippen LogP contribution in [0.25, 0.3) is 0 Å². The quantitative estimate of drug-likeness (QED) is 0.601. The van der Waals surface area contributed by atoms with Crippen molar-refractivity contribution in [1.29, 1.82) is 0 Å². The van der Waals surface area contributed by atoms with Crippen LogP contribution in [0.3, 0.4) is 0 Å². The van der Waals surface area contributed by atoms with E-state index in [0.717, 1.165) is 0 Å². The van der Waals surface area contributed by atoms with Crippen molar-refractivity contribution in [2.45, 2.75) is 38.4 Å². The fourth-order valence-electron chi connectivity index (χ4n) is 0.426. The molecule has 0 N–H and O–H groups in total. The Balaban J connectivity index is 3.85. The van der Waals surface area contributed by atoms with Crippen molar-refractivity contribution in [3.8, 4) is 0 Å². The average molecular weight is 176 g/mol. The Bertz CT molecular complexity index is 128. The Hall–Kier alpha value is 0.237. The maximum absolute atomic E-state index is 10.7. The lowest BCUT2D eigenvalue weighted by Gasteiger charge is -2.22. The maximum atomic E-state index is 10.7. The molecule has 0 aliphatic carbocycles. The molecule has 10 heavy (non-hydrogen) atoms. The molecular formula is C7H16OSSi. The van der Waals surface area contributed by atoms with Gasteiger partial charge in [-0.25, -0.2) is 0 Å². The first-order valence-corrected chi connectivity index (χ1v) is 7.97. The predicted octanol–water partition coefficient (Wildman–Crippen LogP) is 2.53. The van der Waals surface area contributed by atoms with Crippen molar-refractivity contribution >= 4 is 25.0 Å². The largest absolute Gasteiger partial charge is 0.288 e. The summed E-state index contributed by atoms with van der Waals surface area (Å²) >= 11 is 1.48. The highest BCUT2D eigenvalue weighted by atomic mass is 32.2. The van der Waals surface area contributed by atoms with Crippen molar-refractivity contribution in [2.75, 3.05) is 0 Å². The van der Waals surface area contributed by atoms with E-state index in [0.29, 0.717) is 4.87 Å². The van der Waals surface area contributed by atoms with Crippen LogP contribution in [-0.4, -0.2) is 18.1 Å². The van der Waals surface area contributed by atoms with Crippen molar-refractivity contribution in [3.05, 3.63) is 0 Å². The second-order valence-electron chi connectivity index (χ2n) is 3.62. The van der Waals surface area contributed by atoms with Gasteiger partial charge in [0.05, 0.1) is 8.07 Å². The number of hydrogen-bond acceptors (Lipinski definition) is 2. The van der Waals surface area contributed by atoms with Crippen LogP contribution in [0.4, 0.5) is 0 Å². The first kappa shape index (κ1) is 10.2. The Kier molecular flexibility index (Phi) is 3.66. The van der Waals surface area contributed by atoms with Gasteiger partial charge in [0.25, 0.3) is 0 Å². The molecule has 0 spiro atoms. The van der Waals surface area contributed by atoms with E-state index < -0.39 is 8.07 Å². The second kappa shape index (κ2) is 3.58. The molecule has 0 aliphatic heterocycles. The zero-order valence-corrected chi connectivity index (χ0v) is 9.21. The Morgan fingerprint density at radius 2 is 1.80 bits per heavy atom. The highest BCUT2D eigenvalue weighted by Crippen LogP contribution is 2.21. The summed E-state index contributed by atoms with van der Waals surface area (Å²) < 4.78 is 0. The summed E-state index contributed by atoms with van der Waals surface area (Å²) in [5.41, 5.74) is 0. The Labute approximate surface area is 68.6 Å². The van der Waals surface area contributed by atoms with Gasteiger partial charge in [-0.1, -0.05) is 38.3 Å². The van der Waals surface area contributed by atoms with E-state index in [-0.39, 0.29) is 5.12 Å². The van der Waals surface area contributed by atoms with Crippen LogP contribution in [0.2, 0.25) is 19.6 Å². The van der Waals surface area contributed by atoms with Crippen molar-refractivity contribution < 1.29 is 4.79 Å². The zero-order valence-electron chi connectivity index (χ0n) is 7.39. The van der Waals surface area contributed by atoms with Crippen LogP contribution in [0.15, 0.2) is 0 Å². The molecular weight excluding hydrogens is 160 g/mol. The summed E-state index contributed by atoms with van der Waals surface area (Å²) in [6.07, 6.45) is 0. The molecule has 60 valence electrons. The minimum atomic E-state index is -1.08. The van der Waals surface area contributed by atoms with Gasteiger partial charge in [0.1, 0.15) is 0 Å². The van der Waals surface area contributed by atoms with E-state index in [1.807, 2.05) is 0 Å². The molecule has 0 saturated heterocycles. The van der Waals surface area contributed by atoms with Gasteiger partial charge >= 0.3 is 0 Å². The fourth-order valence-corrected chi connectivity index (χ4v) is 2.84. The van der Waals surface area contributed by atoms with Gasteiger partial charge in [-0.2, -0.15) is 0 Å². The van der Waals surface area contributed by atoms with E-state index >= 15 is 0 Å². The minimum absolute atomic E-state index is 0.245. The summed E-state index contributed by atoms with van der Waals surface area (Å²) in [5, 5.41) is 0.245. The molecule has 0 radical (unpaired) electrons. The predicted molar refractivity (Wildman–Crippen MR) is 51.1 cm³/mol. The summed E-state index contributed by atoms with van der Waals surface area (Å²) in [7, 11) is -1.08. The highest BCUT2D eigenvalue weighted by molar-refractivity contribution is 8.15. The molecule has 1 nitrogen and oxygen atoms in total. The standard InChI is InChI=1S/C7H16OSSi/c1-6(8)9-7(2)10(3,4)5/h7H,1-5H3. The molecule has 0 aromatic heterocycles. The first-order chi connectivity index (χ1) is 4.34. The molecule has 0 aromatic rings. The molecule has 0 saturated carbocycles. The van der Waals surface area contributed by atoms with Crippen LogP contribution in [-0.2, 0) is 4.79 Å². The lowest BCUT2D eigenvalue weighted by atomic mass is 10.9. The SMILES string of the molecule is CC(=O)SC(C)[Si](C)(C)C. The smallest absolute Gasteiger partial charge is 0.185 e. The van der Waals surface area contributed by atoms with E-state index in [9.17, 15) is 4.79 Å². The van der Waals surface area contributed by atoms with E-state index in [1.54, 1.807) is 6.92 Å². The van der Waals surface area contributed by atoms with Gasteiger partial charge in [0, 0.05) is 11.8 Å². The van der Waals surface area contributed by atoms with Crippen LogP contribution < -0.4 is 0 Å². The number of hydrogen-bond donors (Lipinski definition) is 0. The molecule has 0 fully saturated rings. The van der Waals surface area contributed by atoms with Crippen molar-refractivity contribution in [3.63, 3.8) is 0 Å². The molecule has 1 unspecified atom stereocenters. The molecule has 0 heterocycles. The van der Waals surface area contributed by atoms with Crippen LogP contribution in [0, 0.1) is 0 Å². The van der Waals surface area contributed by atoms with Crippen molar-refractivity contribution in [2.24, 2.45) is 0 Å². The zero-order chi connectivity index (χ0) is 8.36.